The zero-order valence-electron chi connectivity index (χ0n) is 17.8. The fraction of sp³-hybridized carbons (Fsp3) is 0.474. The van der Waals surface area contributed by atoms with E-state index in [4.69, 9.17) is 13.9 Å². The van der Waals surface area contributed by atoms with E-state index in [9.17, 15) is 26.4 Å². The molecule has 1 unspecified atom stereocenters. The number of nitrogens with zero attached hydrogens (tertiary/aromatic N) is 2. The molecule has 1 fully saturated rings. The number of benzene rings is 1. The number of aromatic nitrogens is 1. The number of ether oxygens (including phenoxy) is 2. The SMILES string of the molecule is CCOC1COCCN(S(=O)(=O)NC(=O)c2coc(Nc3cc(C(F)(F)F)ccc3C)n2)C1. The summed E-state index contributed by atoms with van der Waals surface area (Å²) < 4.78 is 82.9. The maximum atomic E-state index is 13.0. The molecule has 10 nitrogen and oxygen atoms in total. The van der Waals surface area contributed by atoms with E-state index in [0.29, 0.717) is 12.2 Å². The van der Waals surface area contributed by atoms with Crippen LogP contribution in [0, 0.1) is 6.92 Å². The molecular weight excluding hydrogens is 469 g/mol. The molecule has 2 heterocycles. The van der Waals surface area contributed by atoms with Crippen LogP contribution in [0.25, 0.3) is 0 Å². The Morgan fingerprint density at radius 1 is 1.36 bits per heavy atom. The Morgan fingerprint density at radius 3 is 2.82 bits per heavy atom. The fourth-order valence-electron chi connectivity index (χ4n) is 3.02. The summed E-state index contributed by atoms with van der Waals surface area (Å²) >= 11 is 0. The summed E-state index contributed by atoms with van der Waals surface area (Å²) in [5.41, 5.74) is -0.712. The van der Waals surface area contributed by atoms with Crippen molar-refractivity contribution in [1.82, 2.24) is 14.0 Å². The third-order valence-corrected chi connectivity index (χ3v) is 6.16. The van der Waals surface area contributed by atoms with Crippen LogP contribution in [0.5, 0.6) is 0 Å². The van der Waals surface area contributed by atoms with E-state index in [1.165, 1.54) is 6.07 Å². The molecule has 3 rings (SSSR count). The van der Waals surface area contributed by atoms with Gasteiger partial charge in [-0.2, -0.15) is 30.9 Å². The first-order valence-corrected chi connectivity index (χ1v) is 11.4. The van der Waals surface area contributed by atoms with Crippen molar-refractivity contribution in [3.8, 4) is 0 Å². The molecule has 0 saturated carbocycles. The summed E-state index contributed by atoms with van der Waals surface area (Å²) in [5.74, 6) is -1.06. The number of anilines is 2. The smallest absolute Gasteiger partial charge is 0.416 e. The molecule has 0 spiro atoms. The van der Waals surface area contributed by atoms with Crippen molar-refractivity contribution in [2.45, 2.75) is 26.1 Å². The van der Waals surface area contributed by atoms with Crippen molar-refractivity contribution in [3.05, 3.63) is 41.3 Å². The Hall–Kier alpha value is -2.68. The maximum absolute atomic E-state index is 13.0. The molecule has 0 radical (unpaired) electrons. The van der Waals surface area contributed by atoms with Gasteiger partial charge in [0.1, 0.15) is 6.26 Å². The van der Waals surface area contributed by atoms with Gasteiger partial charge in [0, 0.05) is 25.4 Å². The van der Waals surface area contributed by atoms with E-state index < -0.39 is 34.0 Å². The monoisotopic (exact) mass is 492 g/mol. The Kier molecular flexibility index (Phi) is 7.62. The zero-order valence-corrected chi connectivity index (χ0v) is 18.6. The molecule has 1 aliphatic rings. The largest absolute Gasteiger partial charge is 0.431 e. The van der Waals surface area contributed by atoms with E-state index in [2.05, 4.69) is 10.3 Å². The Balaban J connectivity index is 1.70. The minimum Gasteiger partial charge on any atom is -0.431 e. The van der Waals surface area contributed by atoms with Gasteiger partial charge in [-0.25, -0.2) is 4.72 Å². The van der Waals surface area contributed by atoms with Gasteiger partial charge < -0.3 is 19.2 Å². The van der Waals surface area contributed by atoms with Crippen LogP contribution in [0.15, 0.2) is 28.9 Å². The fourth-order valence-corrected chi connectivity index (χ4v) is 4.17. The van der Waals surface area contributed by atoms with Crippen LogP contribution >= 0.6 is 0 Å². The average molecular weight is 492 g/mol. The molecule has 2 N–H and O–H groups in total. The van der Waals surface area contributed by atoms with E-state index in [-0.39, 0.29) is 43.7 Å². The molecule has 0 bridgehead atoms. The lowest BCUT2D eigenvalue weighted by Crippen LogP contribution is -2.47. The number of carbonyl (C=O) groups is 1. The zero-order chi connectivity index (χ0) is 24.2. The molecule has 182 valence electrons. The number of amides is 1. The second-order valence-electron chi connectivity index (χ2n) is 7.14. The molecule has 1 amide bonds. The van der Waals surface area contributed by atoms with Crippen LogP contribution in [0.3, 0.4) is 0 Å². The highest BCUT2D eigenvalue weighted by molar-refractivity contribution is 7.87. The summed E-state index contributed by atoms with van der Waals surface area (Å²) in [5, 5.41) is 2.56. The molecule has 1 aromatic carbocycles. The molecule has 33 heavy (non-hydrogen) atoms. The number of halogens is 3. The lowest BCUT2D eigenvalue weighted by atomic mass is 10.1. The topological polar surface area (TPSA) is 123 Å². The molecule has 1 atom stereocenters. The number of carbonyl (C=O) groups excluding carboxylic acids is 1. The van der Waals surface area contributed by atoms with Crippen LogP contribution in [-0.2, 0) is 25.9 Å². The summed E-state index contributed by atoms with van der Waals surface area (Å²) in [4.78, 5) is 16.3. The quantitative estimate of drug-likeness (QED) is 0.604. The molecule has 14 heteroatoms. The van der Waals surface area contributed by atoms with Crippen molar-refractivity contribution in [3.63, 3.8) is 0 Å². The molecule has 0 aliphatic carbocycles. The number of nitrogens with one attached hydrogen (secondary N) is 2. The third kappa shape index (κ3) is 6.43. The lowest BCUT2D eigenvalue weighted by Gasteiger charge is -2.22. The minimum atomic E-state index is -4.54. The van der Waals surface area contributed by atoms with Crippen molar-refractivity contribution in [2.24, 2.45) is 0 Å². The molecular formula is C19H23F3N4O6S. The van der Waals surface area contributed by atoms with Gasteiger partial charge in [-0.15, -0.1) is 0 Å². The molecule has 1 saturated heterocycles. The number of aryl methyl sites for hydroxylation is 1. The Bertz CT molecular complexity index is 1090. The van der Waals surface area contributed by atoms with Crippen LogP contribution in [0.2, 0.25) is 0 Å². The van der Waals surface area contributed by atoms with Crippen molar-refractivity contribution >= 4 is 27.8 Å². The first-order chi connectivity index (χ1) is 15.5. The van der Waals surface area contributed by atoms with Gasteiger partial charge in [0.2, 0.25) is 0 Å². The molecule has 1 aromatic heterocycles. The predicted octanol–water partition coefficient (Wildman–Crippen LogP) is 2.46. The standard InChI is InChI=1S/C19H23F3N4O6S/c1-3-31-14-9-26(6-7-30-10-14)33(28,29)25-17(27)16-11-32-18(24-16)23-15-8-13(19(20,21)22)5-4-12(15)2/h4-5,8,11,14H,3,6-7,9-10H2,1-2H3,(H,23,24)(H,25,27). The van der Waals surface area contributed by atoms with Crippen LogP contribution in [0.1, 0.15) is 28.5 Å². The number of hydrogen-bond donors (Lipinski definition) is 2. The highest BCUT2D eigenvalue weighted by Gasteiger charge is 2.32. The van der Waals surface area contributed by atoms with Gasteiger partial charge in [-0.3, -0.25) is 4.79 Å². The van der Waals surface area contributed by atoms with Crippen LogP contribution < -0.4 is 10.0 Å². The van der Waals surface area contributed by atoms with E-state index in [1.54, 1.807) is 13.8 Å². The lowest BCUT2D eigenvalue weighted by molar-refractivity contribution is -0.137. The van der Waals surface area contributed by atoms with E-state index >= 15 is 0 Å². The summed E-state index contributed by atoms with van der Waals surface area (Å²) in [6.45, 7) is 4.08. The van der Waals surface area contributed by atoms with Crippen LogP contribution in [0.4, 0.5) is 24.9 Å². The molecule has 1 aliphatic heterocycles. The van der Waals surface area contributed by atoms with Gasteiger partial charge >= 0.3 is 16.4 Å². The van der Waals surface area contributed by atoms with Gasteiger partial charge in [-0.1, -0.05) is 6.07 Å². The second kappa shape index (κ2) is 10.1. The third-order valence-electron chi connectivity index (χ3n) is 4.70. The summed E-state index contributed by atoms with van der Waals surface area (Å²) in [6, 6.07) is 2.80. The van der Waals surface area contributed by atoms with E-state index in [1.807, 2.05) is 4.72 Å². The van der Waals surface area contributed by atoms with Crippen molar-refractivity contribution in [2.75, 3.05) is 38.2 Å². The van der Waals surface area contributed by atoms with Crippen molar-refractivity contribution < 1.29 is 40.3 Å². The first kappa shape index (κ1) is 25.0. The number of rotatable bonds is 7. The minimum absolute atomic E-state index is 0.00308. The van der Waals surface area contributed by atoms with Crippen molar-refractivity contribution in [1.29, 1.82) is 0 Å². The number of oxazole rings is 1. The predicted molar refractivity (Wildman–Crippen MR) is 110 cm³/mol. The molecule has 2 aromatic rings. The van der Waals surface area contributed by atoms with Gasteiger partial charge in [-0.05, 0) is 31.5 Å². The second-order valence-corrected chi connectivity index (χ2v) is 8.81. The highest BCUT2D eigenvalue weighted by Crippen LogP contribution is 2.33. The summed E-state index contributed by atoms with van der Waals surface area (Å²) in [6.07, 6.45) is -4.13. The highest BCUT2D eigenvalue weighted by atomic mass is 32.2. The maximum Gasteiger partial charge on any atom is 0.416 e. The Morgan fingerprint density at radius 2 is 2.12 bits per heavy atom. The average Bonchev–Trinajstić information content (AvgIpc) is 3.06. The number of alkyl halides is 3. The van der Waals surface area contributed by atoms with Gasteiger partial charge in [0.25, 0.3) is 11.9 Å². The Labute approximate surface area is 188 Å². The van der Waals surface area contributed by atoms with Gasteiger partial charge in [0.15, 0.2) is 5.69 Å². The number of hydrogen-bond acceptors (Lipinski definition) is 8. The van der Waals surface area contributed by atoms with Gasteiger partial charge in [0.05, 0.1) is 24.9 Å². The summed E-state index contributed by atoms with van der Waals surface area (Å²) in [7, 11) is -4.24. The first-order valence-electron chi connectivity index (χ1n) is 9.91. The van der Waals surface area contributed by atoms with E-state index in [0.717, 1.165) is 22.7 Å². The normalized spacial score (nSPS) is 18.0. The van der Waals surface area contributed by atoms with Crippen LogP contribution in [-0.4, -0.2) is 62.6 Å².